The number of carbonyl (C=O) groups is 1. The fourth-order valence-corrected chi connectivity index (χ4v) is 6.26. The number of carbonyl (C=O) groups excluding carboxylic acids is 1. The van der Waals surface area contributed by atoms with Crippen LogP contribution in [0.3, 0.4) is 0 Å². The van der Waals surface area contributed by atoms with Gasteiger partial charge in [-0.2, -0.15) is 0 Å². The molecule has 10 nitrogen and oxygen atoms in total. The molecule has 4 aromatic rings. The third-order valence-electron chi connectivity index (χ3n) is 7.43. The Morgan fingerprint density at radius 2 is 1.84 bits per heavy atom. The number of hydrogen-bond donors (Lipinski definition) is 0. The lowest BCUT2D eigenvalue weighted by atomic mass is 10.0. The van der Waals surface area contributed by atoms with Crippen molar-refractivity contribution in [1.82, 2.24) is 4.57 Å². The molecule has 0 amide bonds. The van der Waals surface area contributed by atoms with Crippen LogP contribution in [0.15, 0.2) is 80.1 Å². The maximum atomic E-state index is 13.9. The Kier molecular flexibility index (Phi) is 8.45. The van der Waals surface area contributed by atoms with Crippen LogP contribution >= 0.6 is 11.3 Å². The van der Waals surface area contributed by atoms with Gasteiger partial charge in [-0.25, -0.2) is 9.79 Å². The number of non-ortho nitro benzene ring substituents is 1. The summed E-state index contributed by atoms with van der Waals surface area (Å²) in [7, 11) is 0. The summed E-state index contributed by atoms with van der Waals surface area (Å²) >= 11 is 1.23. The second-order valence-electron chi connectivity index (χ2n) is 10.0. The SMILES string of the molecule is CCOC(=O)C1=C(C)N=c2s/c(=C\c3ccc(N(CC)CC)cc3)c(=O)n2[C@H]1c1ccc(-c2cc([N+](=O)[O-])ccc2C)o1. The summed E-state index contributed by atoms with van der Waals surface area (Å²) in [6, 6.07) is 15.0. The van der Waals surface area contributed by atoms with Crippen LogP contribution in [0.2, 0.25) is 0 Å². The Morgan fingerprint density at radius 3 is 2.49 bits per heavy atom. The van der Waals surface area contributed by atoms with Crippen LogP contribution < -0.4 is 19.8 Å². The Bertz CT molecular complexity index is 1910. The first kappa shape index (κ1) is 29.7. The summed E-state index contributed by atoms with van der Waals surface area (Å²) in [4.78, 5) is 45.4. The summed E-state index contributed by atoms with van der Waals surface area (Å²) in [6.07, 6.45) is 1.82. The van der Waals surface area contributed by atoms with Crippen molar-refractivity contribution in [2.24, 2.45) is 4.99 Å². The van der Waals surface area contributed by atoms with Crippen LogP contribution in [0, 0.1) is 17.0 Å². The number of rotatable bonds is 9. The Balaban J connectivity index is 1.64. The second-order valence-corrected chi connectivity index (χ2v) is 11.0. The number of thiazole rings is 1. The van der Waals surface area contributed by atoms with Gasteiger partial charge < -0.3 is 14.1 Å². The van der Waals surface area contributed by atoms with Gasteiger partial charge in [0.25, 0.3) is 11.2 Å². The summed E-state index contributed by atoms with van der Waals surface area (Å²) < 4.78 is 13.5. The molecular formula is C32H32N4O6S. The number of esters is 1. The van der Waals surface area contributed by atoms with Crippen molar-refractivity contribution >= 4 is 34.8 Å². The van der Waals surface area contributed by atoms with E-state index in [1.165, 1.54) is 28.0 Å². The summed E-state index contributed by atoms with van der Waals surface area (Å²) in [5, 5.41) is 11.4. The van der Waals surface area contributed by atoms with Crippen LogP contribution in [-0.2, 0) is 9.53 Å². The zero-order valence-corrected chi connectivity index (χ0v) is 25.4. The highest BCUT2D eigenvalue weighted by molar-refractivity contribution is 7.07. The van der Waals surface area contributed by atoms with Crippen molar-refractivity contribution in [3.63, 3.8) is 0 Å². The van der Waals surface area contributed by atoms with E-state index in [1.807, 2.05) is 37.3 Å². The minimum Gasteiger partial charge on any atom is -0.463 e. The van der Waals surface area contributed by atoms with Crippen LogP contribution in [0.1, 0.15) is 50.6 Å². The molecular weight excluding hydrogens is 568 g/mol. The van der Waals surface area contributed by atoms with Gasteiger partial charge in [0.15, 0.2) is 4.80 Å². The number of fused-ring (bicyclic) bond motifs is 1. The Labute approximate surface area is 252 Å². The van der Waals surface area contributed by atoms with Gasteiger partial charge >= 0.3 is 5.97 Å². The molecule has 0 aliphatic carbocycles. The quantitative estimate of drug-likeness (QED) is 0.149. The zero-order valence-electron chi connectivity index (χ0n) is 24.6. The molecule has 2 aromatic carbocycles. The van der Waals surface area contributed by atoms with Gasteiger partial charge in [0.1, 0.15) is 17.6 Å². The third kappa shape index (κ3) is 5.68. The van der Waals surface area contributed by atoms with Crippen molar-refractivity contribution in [3.05, 3.63) is 113 Å². The summed E-state index contributed by atoms with van der Waals surface area (Å²) in [6.45, 7) is 11.4. The number of allylic oxidation sites excluding steroid dienone is 1. The van der Waals surface area contributed by atoms with E-state index in [0.717, 1.165) is 29.9 Å². The van der Waals surface area contributed by atoms with Crippen molar-refractivity contribution in [2.45, 2.75) is 40.7 Å². The lowest BCUT2D eigenvalue weighted by Gasteiger charge is -2.22. The Hall–Kier alpha value is -4.77. The molecule has 0 saturated carbocycles. The molecule has 0 radical (unpaired) electrons. The number of ether oxygens (including phenoxy) is 1. The minimum absolute atomic E-state index is 0.0698. The number of furan rings is 1. The monoisotopic (exact) mass is 600 g/mol. The first-order valence-corrected chi connectivity index (χ1v) is 14.9. The largest absolute Gasteiger partial charge is 0.463 e. The molecule has 1 atom stereocenters. The molecule has 0 fully saturated rings. The first-order valence-electron chi connectivity index (χ1n) is 14.1. The van der Waals surface area contributed by atoms with E-state index in [1.54, 1.807) is 32.0 Å². The standard InChI is InChI=1S/C32H32N4O6S/c1-6-34(7-2)22-13-10-21(11-14-22)17-27-30(37)35-29(28(31(38)41-8-3)20(5)33-32(35)43-27)26-16-15-25(42-26)24-18-23(36(39)40)12-9-19(24)4/h9-18,29H,6-8H2,1-5H3/b27-17-/t29-/m0/s1. The van der Waals surface area contributed by atoms with Crippen LogP contribution in [0.25, 0.3) is 17.4 Å². The fourth-order valence-electron chi connectivity index (χ4n) is 5.22. The second kappa shape index (κ2) is 12.2. The van der Waals surface area contributed by atoms with Gasteiger partial charge in [-0.3, -0.25) is 19.5 Å². The summed E-state index contributed by atoms with van der Waals surface area (Å²) in [5.74, 6) is 0.0958. The van der Waals surface area contributed by atoms with Gasteiger partial charge in [-0.15, -0.1) is 0 Å². The molecule has 5 rings (SSSR count). The van der Waals surface area contributed by atoms with Gasteiger partial charge in [0, 0.05) is 36.5 Å². The highest BCUT2D eigenvalue weighted by atomic mass is 32.1. The predicted octanol–water partition coefficient (Wildman–Crippen LogP) is 5.12. The molecule has 43 heavy (non-hydrogen) atoms. The molecule has 0 saturated heterocycles. The Morgan fingerprint density at radius 1 is 1.12 bits per heavy atom. The van der Waals surface area contributed by atoms with E-state index >= 15 is 0 Å². The minimum atomic E-state index is -0.935. The van der Waals surface area contributed by atoms with Gasteiger partial charge in [0.2, 0.25) is 0 Å². The third-order valence-corrected chi connectivity index (χ3v) is 8.41. The number of benzene rings is 2. The lowest BCUT2D eigenvalue weighted by Crippen LogP contribution is -2.39. The fraction of sp³-hybridized carbons (Fsp3) is 0.281. The van der Waals surface area contributed by atoms with Gasteiger partial charge in [0.05, 0.1) is 27.3 Å². The molecule has 0 bridgehead atoms. The van der Waals surface area contributed by atoms with Crippen LogP contribution in [0.5, 0.6) is 0 Å². The highest BCUT2D eigenvalue weighted by Gasteiger charge is 2.35. The van der Waals surface area contributed by atoms with Crippen molar-refractivity contribution in [3.8, 4) is 11.3 Å². The number of nitrogens with zero attached hydrogens (tertiary/aromatic N) is 4. The van der Waals surface area contributed by atoms with E-state index in [2.05, 4.69) is 23.7 Å². The molecule has 1 aliphatic rings. The molecule has 2 aromatic heterocycles. The smallest absolute Gasteiger partial charge is 0.338 e. The molecule has 0 unspecified atom stereocenters. The predicted molar refractivity (Wildman–Crippen MR) is 166 cm³/mol. The molecule has 0 spiro atoms. The molecule has 1 aliphatic heterocycles. The average molecular weight is 601 g/mol. The van der Waals surface area contributed by atoms with Crippen molar-refractivity contribution in [1.29, 1.82) is 0 Å². The molecule has 222 valence electrons. The van der Waals surface area contributed by atoms with Crippen LogP contribution in [-0.4, -0.2) is 35.2 Å². The van der Waals surface area contributed by atoms with Crippen LogP contribution in [0.4, 0.5) is 11.4 Å². The zero-order chi connectivity index (χ0) is 30.8. The highest BCUT2D eigenvalue weighted by Crippen LogP contribution is 2.36. The first-order chi connectivity index (χ1) is 20.7. The van der Waals surface area contributed by atoms with E-state index < -0.39 is 16.9 Å². The maximum absolute atomic E-state index is 13.9. The van der Waals surface area contributed by atoms with Gasteiger partial charge in [-0.1, -0.05) is 29.5 Å². The number of aromatic nitrogens is 1. The topological polar surface area (TPSA) is 120 Å². The van der Waals surface area contributed by atoms with E-state index in [0.29, 0.717) is 32.1 Å². The van der Waals surface area contributed by atoms with Crippen molar-refractivity contribution < 1.29 is 18.9 Å². The van der Waals surface area contributed by atoms with Crippen molar-refractivity contribution in [2.75, 3.05) is 24.6 Å². The number of nitro benzene ring substituents is 1. The maximum Gasteiger partial charge on any atom is 0.338 e. The lowest BCUT2D eigenvalue weighted by molar-refractivity contribution is -0.384. The van der Waals surface area contributed by atoms with E-state index in [4.69, 9.17) is 9.15 Å². The molecule has 11 heteroatoms. The molecule has 0 N–H and O–H groups in total. The summed E-state index contributed by atoms with van der Waals surface area (Å²) in [5.41, 5.74) is 3.51. The number of hydrogen-bond acceptors (Lipinski definition) is 9. The van der Waals surface area contributed by atoms with E-state index in [9.17, 15) is 19.7 Å². The average Bonchev–Trinajstić information content (AvgIpc) is 3.59. The van der Waals surface area contributed by atoms with E-state index in [-0.39, 0.29) is 23.4 Å². The number of nitro groups is 1. The normalized spacial score (nSPS) is 14.8. The van der Waals surface area contributed by atoms with Gasteiger partial charge in [-0.05, 0) is 76.1 Å². The molecule has 3 heterocycles. The number of anilines is 1. The number of aryl methyl sites for hydroxylation is 1.